The predicted molar refractivity (Wildman–Crippen MR) is 70.5 cm³/mol. The lowest BCUT2D eigenvalue weighted by Crippen LogP contribution is -2.42. The van der Waals surface area contributed by atoms with Crippen LogP contribution in [-0.2, 0) is 9.59 Å². The average molecular weight is 267 g/mol. The molecular formula is C12H17N3O2S. The Morgan fingerprint density at radius 2 is 2.00 bits per heavy atom. The molecule has 2 rings (SSSR count). The summed E-state index contributed by atoms with van der Waals surface area (Å²) in [6, 6.07) is 0.148. The number of carbonyl (C=O) groups is 2. The van der Waals surface area contributed by atoms with Crippen molar-refractivity contribution in [1.29, 1.82) is 0 Å². The number of rotatable bonds is 2. The fourth-order valence-corrected chi connectivity index (χ4v) is 2.75. The first-order valence-electron chi connectivity index (χ1n) is 6.19. The molecule has 1 aromatic heterocycles. The number of anilines is 1. The van der Waals surface area contributed by atoms with Crippen LogP contribution >= 0.6 is 11.3 Å². The van der Waals surface area contributed by atoms with Crippen LogP contribution in [0.5, 0.6) is 0 Å². The number of aryl methyl sites for hydroxylation is 1. The predicted octanol–water partition coefficient (Wildman–Crippen LogP) is 1.84. The highest BCUT2D eigenvalue weighted by Crippen LogP contribution is 2.17. The van der Waals surface area contributed by atoms with Crippen LogP contribution in [0.2, 0.25) is 0 Å². The summed E-state index contributed by atoms with van der Waals surface area (Å²) >= 11 is 1.32. The molecule has 0 spiro atoms. The molecule has 98 valence electrons. The zero-order valence-corrected chi connectivity index (χ0v) is 11.2. The molecule has 0 unspecified atom stereocenters. The summed E-state index contributed by atoms with van der Waals surface area (Å²) in [6.07, 6.45) is 5.40. The number of aromatic nitrogens is 1. The quantitative estimate of drug-likeness (QED) is 0.803. The zero-order chi connectivity index (χ0) is 13.0. The van der Waals surface area contributed by atoms with E-state index >= 15 is 0 Å². The van der Waals surface area contributed by atoms with Crippen molar-refractivity contribution in [1.82, 2.24) is 10.3 Å². The van der Waals surface area contributed by atoms with Crippen LogP contribution in [0, 0.1) is 6.92 Å². The van der Waals surface area contributed by atoms with Gasteiger partial charge in [-0.25, -0.2) is 4.98 Å². The minimum Gasteiger partial charge on any atom is -0.345 e. The number of nitrogens with zero attached hydrogens (tertiary/aromatic N) is 1. The third-order valence-electron chi connectivity index (χ3n) is 2.99. The lowest BCUT2D eigenvalue weighted by Gasteiger charge is -2.22. The van der Waals surface area contributed by atoms with Crippen molar-refractivity contribution >= 4 is 28.3 Å². The average Bonchev–Trinajstić information content (AvgIpc) is 2.76. The summed E-state index contributed by atoms with van der Waals surface area (Å²) in [5, 5.41) is 7.58. The maximum atomic E-state index is 11.7. The normalized spacial score (nSPS) is 16.3. The molecule has 0 atom stereocenters. The summed E-state index contributed by atoms with van der Waals surface area (Å²) in [4.78, 5) is 27.4. The topological polar surface area (TPSA) is 71.1 Å². The van der Waals surface area contributed by atoms with Crippen LogP contribution in [0.4, 0.5) is 5.13 Å². The molecule has 0 aliphatic heterocycles. The number of nitrogens with one attached hydrogen (secondary N) is 2. The van der Waals surface area contributed by atoms with E-state index in [4.69, 9.17) is 0 Å². The minimum absolute atomic E-state index is 0.148. The lowest BCUT2D eigenvalue weighted by atomic mass is 9.95. The second-order valence-electron chi connectivity index (χ2n) is 4.56. The SMILES string of the molecule is Cc1csc(NC(=O)C(=O)NC2CCCCC2)n1. The van der Waals surface area contributed by atoms with E-state index in [0.717, 1.165) is 31.4 Å². The Hall–Kier alpha value is -1.43. The lowest BCUT2D eigenvalue weighted by molar-refractivity contribution is -0.136. The van der Waals surface area contributed by atoms with E-state index in [9.17, 15) is 9.59 Å². The maximum absolute atomic E-state index is 11.7. The Kier molecular flexibility index (Phi) is 4.30. The largest absolute Gasteiger partial charge is 0.345 e. The maximum Gasteiger partial charge on any atom is 0.315 e. The molecule has 2 N–H and O–H groups in total. The van der Waals surface area contributed by atoms with Crippen LogP contribution in [0.1, 0.15) is 37.8 Å². The van der Waals surface area contributed by atoms with E-state index in [1.807, 2.05) is 12.3 Å². The summed E-state index contributed by atoms with van der Waals surface area (Å²) in [6.45, 7) is 1.84. The van der Waals surface area contributed by atoms with Gasteiger partial charge >= 0.3 is 11.8 Å². The van der Waals surface area contributed by atoms with Gasteiger partial charge in [0.1, 0.15) is 0 Å². The van der Waals surface area contributed by atoms with E-state index in [-0.39, 0.29) is 6.04 Å². The van der Waals surface area contributed by atoms with Gasteiger partial charge in [0, 0.05) is 11.4 Å². The second-order valence-corrected chi connectivity index (χ2v) is 5.41. The molecule has 0 saturated heterocycles. The molecule has 1 aliphatic rings. The summed E-state index contributed by atoms with van der Waals surface area (Å²) in [5.41, 5.74) is 0.836. The van der Waals surface area contributed by atoms with Crippen molar-refractivity contribution < 1.29 is 9.59 Å². The van der Waals surface area contributed by atoms with Crippen molar-refractivity contribution in [2.24, 2.45) is 0 Å². The Bertz CT molecular complexity index is 438. The first-order chi connectivity index (χ1) is 8.65. The second kappa shape index (κ2) is 5.95. The minimum atomic E-state index is -0.630. The molecule has 5 nitrogen and oxygen atoms in total. The third-order valence-corrected chi connectivity index (χ3v) is 3.86. The highest BCUT2D eigenvalue weighted by molar-refractivity contribution is 7.14. The Morgan fingerprint density at radius 3 is 2.61 bits per heavy atom. The molecule has 1 aliphatic carbocycles. The molecule has 2 amide bonds. The first kappa shape index (κ1) is 13.0. The molecule has 1 heterocycles. The highest BCUT2D eigenvalue weighted by Gasteiger charge is 2.20. The zero-order valence-electron chi connectivity index (χ0n) is 10.4. The molecule has 6 heteroatoms. The van der Waals surface area contributed by atoms with Gasteiger partial charge in [-0.2, -0.15) is 0 Å². The summed E-state index contributed by atoms with van der Waals surface area (Å²) < 4.78 is 0. The van der Waals surface area contributed by atoms with Crippen molar-refractivity contribution in [3.05, 3.63) is 11.1 Å². The van der Waals surface area contributed by atoms with Crippen LogP contribution in [0.15, 0.2) is 5.38 Å². The van der Waals surface area contributed by atoms with Crippen LogP contribution in [0.25, 0.3) is 0 Å². The fourth-order valence-electron chi connectivity index (χ4n) is 2.06. The molecular weight excluding hydrogens is 250 g/mol. The van der Waals surface area contributed by atoms with Gasteiger partial charge in [-0.15, -0.1) is 11.3 Å². The van der Waals surface area contributed by atoms with Gasteiger partial charge in [0.05, 0.1) is 5.69 Å². The van der Waals surface area contributed by atoms with E-state index in [2.05, 4.69) is 15.6 Å². The standard InChI is InChI=1S/C12H17N3O2S/c1-8-7-18-12(13-8)15-11(17)10(16)14-9-5-3-2-4-6-9/h7,9H,2-6H2,1H3,(H,14,16)(H,13,15,17). The van der Waals surface area contributed by atoms with E-state index in [0.29, 0.717) is 5.13 Å². The molecule has 0 bridgehead atoms. The number of hydrogen-bond donors (Lipinski definition) is 2. The Morgan fingerprint density at radius 1 is 1.28 bits per heavy atom. The van der Waals surface area contributed by atoms with Gasteiger partial charge in [-0.3, -0.25) is 14.9 Å². The van der Waals surface area contributed by atoms with Crippen molar-refractivity contribution in [2.45, 2.75) is 45.1 Å². The van der Waals surface area contributed by atoms with Gasteiger partial charge in [0.25, 0.3) is 0 Å². The molecule has 0 radical (unpaired) electrons. The Labute approximate surface area is 110 Å². The van der Waals surface area contributed by atoms with Crippen molar-refractivity contribution in [3.8, 4) is 0 Å². The number of hydrogen-bond acceptors (Lipinski definition) is 4. The molecule has 18 heavy (non-hydrogen) atoms. The van der Waals surface area contributed by atoms with Gasteiger partial charge < -0.3 is 5.32 Å². The van der Waals surface area contributed by atoms with Gasteiger partial charge in [-0.1, -0.05) is 19.3 Å². The van der Waals surface area contributed by atoms with Crippen LogP contribution < -0.4 is 10.6 Å². The van der Waals surface area contributed by atoms with Crippen molar-refractivity contribution in [2.75, 3.05) is 5.32 Å². The van der Waals surface area contributed by atoms with E-state index < -0.39 is 11.8 Å². The smallest absolute Gasteiger partial charge is 0.315 e. The first-order valence-corrected chi connectivity index (χ1v) is 7.07. The number of amides is 2. The van der Waals surface area contributed by atoms with Crippen LogP contribution in [-0.4, -0.2) is 22.8 Å². The number of carbonyl (C=O) groups excluding carboxylic acids is 2. The van der Waals surface area contributed by atoms with Crippen molar-refractivity contribution in [3.63, 3.8) is 0 Å². The third kappa shape index (κ3) is 3.53. The van der Waals surface area contributed by atoms with Gasteiger partial charge in [0.15, 0.2) is 5.13 Å². The number of thiazole rings is 1. The van der Waals surface area contributed by atoms with Gasteiger partial charge in [0.2, 0.25) is 0 Å². The molecule has 0 aromatic carbocycles. The molecule has 1 aromatic rings. The van der Waals surface area contributed by atoms with E-state index in [1.54, 1.807) is 0 Å². The van der Waals surface area contributed by atoms with Gasteiger partial charge in [-0.05, 0) is 19.8 Å². The van der Waals surface area contributed by atoms with Crippen LogP contribution in [0.3, 0.4) is 0 Å². The monoisotopic (exact) mass is 267 g/mol. The Balaban J connectivity index is 1.82. The molecule has 1 saturated carbocycles. The van der Waals surface area contributed by atoms with E-state index in [1.165, 1.54) is 17.8 Å². The molecule has 1 fully saturated rings. The summed E-state index contributed by atoms with van der Waals surface area (Å²) in [7, 11) is 0. The highest BCUT2D eigenvalue weighted by atomic mass is 32.1. The summed E-state index contributed by atoms with van der Waals surface area (Å²) in [5.74, 6) is -1.19. The fraction of sp³-hybridized carbons (Fsp3) is 0.583.